The molecule has 5 nitrogen and oxygen atoms in total. The fourth-order valence-corrected chi connectivity index (χ4v) is 3.69. The topological polar surface area (TPSA) is 41.4 Å². The van der Waals surface area contributed by atoms with E-state index in [1.807, 2.05) is 11.2 Å². The lowest BCUT2D eigenvalue weighted by Crippen LogP contribution is -2.51. The van der Waals surface area contributed by atoms with Crippen molar-refractivity contribution in [3.05, 3.63) is 17.7 Å². The predicted octanol–water partition coefficient (Wildman–Crippen LogP) is 1.66. The van der Waals surface area contributed by atoms with E-state index in [-0.39, 0.29) is 6.04 Å². The molecular weight excluding hydrogens is 264 g/mol. The number of likely N-dealkylation sites (N-methyl/N-ethyl adjacent to an activating group) is 1. The highest BCUT2D eigenvalue weighted by atomic mass is 16.2. The fourth-order valence-electron chi connectivity index (χ4n) is 3.69. The number of imidazole rings is 1. The second-order valence-electron chi connectivity index (χ2n) is 6.07. The van der Waals surface area contributed by atoms with Crippen LogP contribution in [0.5, 0.6) is 0 Å². The highest BCUT2D eigenvalue weighted by Gasteiger charge is 2.33. The number of nitrogens with zero attached hydrogens (tertiary/aromatic N) is 4. The Morgan fingerprint density at radius 3 is 2.90 bits per heavy atom. The highest BCUT2D eigenvalue weighted by Crippen LogP contribution is 2.23. The molecule has 2 aliphatic heterocycles. The molecule has 1 saturated heterocycles. The molecule has 1 aromatic heterocycles. The molecule has 5 heteroatoms. The monoisotopic (exact) mass is 290 g/mol. The minimum absolute atomic E-state index is 0.0959. The van der Waals surface area contributed by atoms with Gasteiger partial charge in [-0.25, -0.2) is 4.98 Å². The van der Waals surface area contributed by atoms with E-state index in [1.54, 1.807) is 0 Å². The van der Waals surface area contributed by atoms with Crippen molar-refractivity contribution in [2.24, 2.45) is 0 Å². The second kappa shape index (κ2) is 6.18. The zero-order valence-electron chi connectivity index (χ0n) is 13.2. The number of aromatic nitrogens is 2. The van der Waals surface area contributed by atoms with Gasteiger partial charge in [-0.1, -0.05) is 13.3 Å². The van der Waals surface area contributed by atoms with Crippen molar-refractivity contribution in [1.82, 2.24) is 19.4 Å². The number of rotatable bonds is 3. The van der Waals surface area contributed by atoms with Gasteiger partial charge in [-0.2, -0.15) is 0 Å². The number of aryl methyl sites for hydroxylation is 1. The van der Waals surface area contributed by atoms with Crippen LogP contribution in [-0.2, 0) is 24.3 Å². The van der Waals surface area contributed by atoms with Gasteiger partial charge in [0.25, 0.3) is 0 Å². The molecule has 2 aliphatic rings. The first-order chi connectivity index (χ1) is 10.2. The summed E-state index contributed by atoms with van der Waals surface area (Å²) in [5.41, 5.74) is 2.41. The van der Waals surface area contributed by atoms with E-state index in [0.717, 1.165) is 44.7 Å². The number of amides is 1. The van der Waals surface area contributed by atoms with Crippen LogP contribution in [0, 0.1) is 0 Å². The molecule has 0 aliphatic carbocycles. The Bertz CT molecular complexity index is 510. The highest BCUT2D eigenvalue weighted by molar-refractivity contribution is 5.82. The number of likely N-dealkylation sites (tertiary alicyclic amines) is 1. The number of hydrogen-bond donors (Lipinski definition) is 0. The summed E-state index contributed by atoms with van der Waals surface area (Å²) >= 11 is 0. The molecule has 0 bridgehead atoms. The number of hydrogen-bond acceptors (Lipinski definition) is 3. The van der Waals surface area contributed by atoms with Crippen molar-refractivity contribution < 1.29 is 4.79 Å². The normalized spacial score (nSPS) is 23.1. The summed E-state index contributed by atoms with van der Waals surface area (Å²) in [6.07, 6.45) is 6.27. The minimum Gasteiger partial charge on any atom is -0.335 e. The van der Waals surface area contributed by atoms with Gasteiger partial charge in [-0.3, -0.25) is 9.69 Å². The van der Waals surface area contributed by atoms with Crippen LogP contribution in [-0.4, -0.2) is 50.9 Å². The van der Waals surface area contributed by atoms with Gasteiger partial charge in [0, 0.05) is 25.2 Å². The smallest absolute Gasteiger partial charge is 0.240 e. The molecule has 1 aromatic rings. The van der Waals surface area contributed by atoms with Crippen molar-refractivity contribution in [1.29, 1.82) is 0 Å². The molecule has 0 aromatic carbocycles. The average Bonchev–Trinajstić information content (AvgIpc) is 2.96. The van der Waals surface area contributed by atoms with Crippen LogP contribution in [0.1, 0.15) is 44.5 Å². The third-order valence-electron chi connectivity index (χ3n) is 4.95. The van der Waals surface area contributed by atoms with Gasteiger partial charge in [0.05, 0.1) is 24.6 Å². The third-order valence-corrected chi connectivity index (χ3v) is 4.95. The van der Waals surface area contributed by atoms with Crippen molar-refractivity contribution >= 4 is 5.91 Å². The van der Waals surface area contributed by atoms with E-state index in [0.29, 0.717) is 12.5 Å². The quantitative estimate of drug-likeness (QED) is 0.850. The van der Waals surface area contributed by atoms with Gasteiger partial charge in [-0.15, -0.1) is 0 Å². The Labute approximate surface area is 126 Å². The molecule has 3 rings (SSSR count). The molecule has 1 fully saturated rings. The molecule has 0 saturated carbocycles. The molecule has 116 valence electrons. The van der Waals surface area contributed by atoms with Gasteiger partial charge in [0.2, 0.25) is 5.91 Å². The summed E-state index contributed by atoms with van der Waals surface area (Å²) in [6, 6.07) is 0.0959. The maximum Gasteiger partial charge on any atom is 0.240 e. The van der Waals surface area contributed by atoms with Crippen LogP contribution in [0.25, 0.3) is 0 Å². The SMILES string of the molecule is CCN1CCCCC1C(=O)N1CCc2c(ncn2CC)C1. The zero-order valence-corrected chi connectivity index (χ0v) is 13.2. The Balaban J connectivity index is 1.71. The van der Waals surface area contributed by atoms with E-state index >= 15 is 0 Å². The van der Waals surface area contributed by atoms with Gasteiger partial charge >= 0.3 is 0 Å². The molecule has 1 unspecified atom stereocenters. The number of piperidine rings is 1. The molecule has 3 heterocycles. The van der Waals surface area contributed by atoms with E-state index in [2.05, 4.69) is 28.3 Å². The molecule has 1 amide bonds. The molecule has 21 heavy (non-hydrogen) atoms. The lowest BCUT2D eigenvalue weighted by atomic mass is 10.00. The van der Waals surface area contributed by atoms with E-state index in [4.69, 9.17) is 0 Å². The van der Waals surface area contributed by atoms with E-state index in [9.17, 15) is 4.79 Å². The predicted molar refractivity (Wildman–Crippen MR) is 81.9 cm³/mol. The summed E-state index contributed by atoms with van der Waals surface area (Å²) in [6.45, 7) is 8.82. The Kier molecular flexibility index (Phi) is 4.29. The van der Waals surface area contributed by atoms with Crippen LogP contribution in [0.2, 0.25) is 0 Å². The zero-order chi connectivity index (χ0) is 14.8. The van der Waals surface area contributed by atoms with Crippen molar-refractivity contribution in [3.8, 4) is 0 Å². The first kappa shape index (κ1) is 14.6. The molecule has 1 atom stereocenters. The average molecular weight is 290 g/mol. The summed E-state index contributed by atoms with van der Waals surface area (Å²) < 4.78 is 2.20. The number of carbonyl (C=O) groups excluding carboxylic acids is 1. The maximum absolute atomic E-state index is 12.9. The van der Waals surface area contributed by atoms with E-state index in [1.165, 1.54) is 18.5 Å². The standard InChI is InChI=1S/C16H26N4O/c1-3-18-9-6-5-7-15(18)16(21)20-10-8-14-13(11-20)17-12-19(14)4-2/h12,15H,3-11H2,1-2H3. The first-order valence-corrected chi connectivity index (χ1v) is 8.30. The minimum atomic E-state index is 0.0959. The molecule has 0 N–H and O–H groups in total. The summed E-state index contributed by atoms with van der Waals surface area (Å²) in [7, 11) is 0. The van der Waals surface area contributed by atoms with Gasteiger partial charge in [0.1, 0.15) is 0 Å². The fraction of sp³-hybridized carbons (Fsp3) is 0.750. The molecular formula is C16H26N4O. The van der Waals surface area contributed by atoms with Crippen LogP contribution >= 0.6 is 0 Å². The van der Waals surface area contributed by atoms with Crippen LogP contribution in [0.15, 0.2) is 6.33 Å². The summed E-state index contributed by atoms with van der Waals surface area (Å²) in [5.74, 6) is 0.313. The Morgan fingerprint density at radius 1 is 1.29 bits per heavy atom. The van der Waals surface area contributed by atoms with E-state index < -0.39 is 0 Å². The van der Waals surface area contributed by atoms with Gasteiger partial charge in [-0.05, 0) is 32.9 Å². The lowest BCUT2D eigenvalue weighted by Gasteiger charge is -2.38. The second-order valence-corrected chi connectivity index (χ2v) is 6.07. The first-order valence-electron chi connectivity index (χ1n) is 8.30. The Morgan fingerprint density at radius 2 is 2.14 bits per heavy atom. The summed E-state index contributed by atoms with van der Waals surface area (Å²) in [4.78, 5) is 21.7. The Hall–Kier alpha value is -1.36. The van der Waals surface area contributed by atoms with Crippen molar-refractivity contribution in [3.63, 3.8) is 0 Å². The van der Waals surface area contributed by atoms with Gasteiger partial charge < -0.3 is 9.47 Å². The third kappa shape index (κ3) is 2.71. The van der Waals surface area contributed by atoms with Crippen LogP contribution in [0.3, 0.4) is 0 Å². The van der Waals surface area contributed by atoms with Gasteiger partial charge in [0.15, 0.2) is 0 Å². The number of carbonyl (C=O) groups is 1. The summed E-state index contributed by atoms with van der Waals surface area (Å²) in [5, 5.41) is 0. The van der Waals surface area contributed by atoms with Crippen molar-refractivity contribution in [2.75, 3.05) is 19.6 Å². The molecule has 0 spiro atoms. The number of fused-ring (bicyclic) bond motifs is 1. The molecule has 0 radical (unpaired) electrons. The lowest BCUT2D eigenvalue weighted by molar-refractivity contribution is -0.139. The maximum atomic E-state index is 12.9. The van der Waals surface area contributed by atoms with Crippen LogP contribution in [0.4, 0.5) is 0 Å². The van der Waals surface area contributed by atoms with Crippen LogP contribution < -0.4 is 0 Å². The largest absolute Gasteiger partial charge is 0.335 e. The van der Waals surface area contributed by atoms with Crippen molar-refractivity contribution in [2.45, 2.75) is 58.7 Å².